The van der Waals surface area contributed by atoms with Crippen molar-refractivity contribution in [3.8, 4) is 0 Å². The number of carbonyl (C=O) groups excluding carboxylic acids is 1. The van der Waals surface area contributed by atoms with Crippen LogP contribution in [0.25, 0.3) is 0 Å². The first-order chi connectivity index (χ1) is 6.72. The molecule has 0 fully saturated rings. The molecule has 0 amide bonds. The smallest absolute Gasteiger partial charge is 0.333 e. The molecule has 0 saturated heterocycles. The molecule has 0 aliphatic rings. The summed E-state index contributed by atoms with van der Waals surface area (Å²) in [4.78, 5) is 11.2. The Bertz CT molecular complexity index is 183. The molecule has 0 unspecified atom stereocenters. The Balaban J connectivity index is 3.60. The summed E-state index contributed by atoms with van der Waals surface area (Å²) >= 11 is 0. The molecular weight excluding hydrogens is 176 g/mol. The van der Waals surface area contributed by atoms with Gasteiger partial charge in [0.05, 0.1) is 6.61 Å². The second-order valence-corrected chi connectivity index (χ2v) is 3.46. The van der Waals surface area contributed by atoms with Gasteiger partial charge in [-0.15, -0.1) is 0 Å². The lowest BCUT2D eigenvalue weighted by Crippen LogP contribution is -2.04. The molecule has 0 atom stereocenters. The molecular formula is C12H22O2. The minimum Gasteiger partial charge on any atom is -0.463 e. The first-order valence-corrected chi connectivity index (χ1v) is 5.56. The summed E-state index contributed by atoms with van der Waals surface area (Å²) in [6.45, 7) is 6.30. The average molecular weight is 198 g/mol. The number of carbonyl (C=O) groups is 1. The van der Waals surface area contributed by atoms with Crippen molar-refractivity contribution in [1.29, 1.82) is 0 Å². The molecule has 0 aromatic carbocycles. The van der Waals surface area contributed by atoms with E-state index in [1.165, 1.54) is 25.7 Å². The van der Waals surface area contributed by atoms with Crippen molar-refractivity contribution < 1.29 is 9.53 Å². The predicted octanol–water partition coefficient (Wildman–Crippen LogP) is 3.47. The zero-order valence-corrected chi connectivity index (χ0v) is 9.64. The van der Waals surface area contributed by atoms with Crippen LogP contribution in [0.15, 0.2) is 11.6 Å². The quantitative estimate of drug-likeness (QED) is 0.356. The maximum absolute atomic E-state index is 11.2. The van der Waals surface area contributed by atoms with Crippen molar-refractivity contribution in [1.82, 2.24) is 0 Å². The van der Waals surface area contributed by atoms with Crippen LogP contribution in [0.2, 0.25) is 0 Å². The highest BCUT2D eigenvalue weighted by molar-refractivity contribution is 5.87. The number of ether oxygens (including phenoxy) is 1. The fourth-order valence-electron chi connectivity index (χ4n) is 1.22. The largest absolute Gasteiger partial charge is 0.463 e. The van der Waals surface area contributed by atoms with Gasteiger partial charge in [0.15, 0.2) is 0 Å². The average Bonchev–Trinajstić information content (AvgIpc) is 2.17. The maximum Gasteiger partial charge on any atom is 0.333 e. The van der Waals surface area contributed by atoms with E-state index in [4.69, 9.17) is 4.74 Å². The van der Waals surface area contributed by atoms with Crippen molar-refractivity contribution >= 4 is 5.97 Å². The summed E-state index contributed by atoms with van der Waals surface area (Å²) in [7, 11) is 0. The molecule has 14 heavy (non-hydrogen) atoms. The molecule has 0 aliphatic carbocycles. The molecule has 0 rings (SSSR count). The first-order valence-electron chi connectivity index (χ1n) is 5.56. The van der Waals surface area contributed by atoms with E-state index in [2.05, 4.69) is 6.92 Å². The molecule has 0 aromatic heterocycles. The molecule has 82 valence electrons. The van der Waals surface area contributed by atoms with E-state index in [1.54, 1.807) is 0 Å². The third-order valence-electron chi connectivity index (χ3n) is 2.11. The summed E-state index contributed by atoms with van der Waals surface area (Å²) in [6, 6.07) is 0. The Morgan fingerprint density at radius 3 is 2.50 bits per heavy atom. The number of rotatable bonds is 7. The predicted molar refractivity (Wildman–Crippen MR) is 59.1 cm³/mol. The Morgan fingerprint density at radius 1 is 1.21 bits per heavy atom. The van der Waals surface area contributed by atoms with Crippen LogP contribution in [0.3, 0.4) is 0 Å². The van der Waals surface area contributed by atoms with Crippen molar-refractivity contribution in [2.24, 2.45) is 0 Å². The highest BCUT2D eigenvalue weighted by atomic mass is 16.5. The van der Waals surface area contributed by atoms with Crippen LogP contribution >= 0.6 is 0 Å². The molecule has 0 bridgehead atoms. The van der Waals surface area contributed by atoms with Crippen molar-refractivity contribution in [3.05, 3.63) is 11.6 Å². The Kier molecular flexibility index (Phi) is 8.30. The number of hydrogen-bond acceptors (Lipinski definition) is 2. The van der Waals surface area contributed by atoms with Crippen LogP contribution in [-0.4, -0.2) is 12.6 Å². The molecule has 2 nitrogen and oxygen atoms in total. The van der Waals surface area contributed by atoms with Gasteiger partial charge in [0.25, 0.3) is 0 Å². The molecule has 0 N–H and O–H groups in total. The van der Waals surface area contributed by atoms with E-state index < -0.39 is 0 Å². The minimum absolute atomic E-state index is 0.178. The van der Waals surface area contributed by atoms with Gasteiger partial charge in [-0.25, -0.2) is 4.79 Å². The fourth-order valence-corrected chi connectivity index (χ4v) is 1.22. The van der Waals surface area contributed by atoms with Gasteiger partial charge < -0.3 is 4.74 Å². The molecule has 0 radical (unpaired) electrons. The lowest BCUT2D eigenvalue weighted by Gasteiger charge is -2.01. The third-order valence-corrected chi connectivity index (χ3v) is 2.11. The summed E-state index contributed by atoms with van der Waals surface area (Å²) in [5.41, 5.74) is 0.739. The van der Waals surface area contributed by atoms with Crippen LogP contribution in [0.4, 0.5) is 0 Å². The van der Waals surface area contributed by atoms with E-state index in [-0.39, 0.29) is 5.97 Å². The lowest BCUT2D eigenvalue weighted by molar-refractivity contribution is -0.138. The van der Waals surface area contributed by atoms with E-state index in [9.17, 15) is 4.79 Å². The van der Waals surface area contributed by atoms with Crippen molar-refractivity contribution in [2.75, 3.05) is 6.61 Å². The van der Waals surface area contributed by atoms with E-state index in [0.29, 0.717) is 6.61 Å². The van der Waals surface area contributed by atoms with Gasteiger partial charge in [0, 0.05) is 5.57 Å². The highest BCUT2D eigenvalue weighted by Gasteiger charge is 2.02. The molecule has 2 heteroatoms. The van der Waals surface area contributed by atoms with Crippen LogP contribution < -0.4 is 0 Å². The van der Waals surface area contributed by atoms with Gasteiger partial charge in [-0.3, -0.25) is 0 Å². The summed E-state index contributed by atoms with van der Waals surface area (Å²) in [5.74, 6) is -0.178. The molecule has 0 heterocycles. The number of hydrogen-bond donors (Lipinski definition) is 0. The Hall–Kier alpha value is -0.790. The van der Waals surface area contributed by atoms with Gasteiger partial charge in [-0.05, 0) is 26.7 Å². The van der Waals surface area contributed by atoms with Gasteiger partial charge >= 0.3 is 5.97 Å². The number of esters is 1. The zero-order chi connectivity index (χ0) is 10.8. The second-order valence-electron chi connectivity index (χ2n) is 3.46. The van der Waals surface area contributed by atoms with Crippen molar-refractivity contribution in [3.63, 3.8) is 0 Å². The maximum atomic E-state index is 11.2. The van der Waals surface area contributed by atoms with Gasteiger partial charge in [0.1, 0.15) is 0 Å². The topological polar surface area (TPSA) is 26.3 Å². The van der Waals surface area contributed by atoms with Gasteiger partial charge in [0.2, 0.25) is 0 Å². The van der Waals surface area contributed by atoms with Gasteiger partial charge in [-0.1, -0.05) is 32.3 Å². The monoisotopic (exact) mass is 198 g/mol. The van der Waals surface area contributed by atoms with E-state index in [0.717, 1.165) is 12.0 Å². The highest BCUT2D eigenvalue weighted by Crippen LogP contribution is 2.06. The van der Waals surface area contributed by atoms with Crippen LogP contribution in [0.5, 0.6) is 0 Å². The lowest BCUT2D eigenvalue weighted by atomic mass is 10.1. The zero-order valence-electron chi connectivity index (χ0n) is 9.64. The first kappa shape index (κ1) is 13.2. The van der Waals surface area contributed by atoms with Crippen LogP contribution in [0.1, 0.15) is 52.9 Å². The molecule has 0 aromatic rings. The second kappa shape index (κ2) is 8.79. The molecule has 0 saturated carbocycles. The van der Waals surface area contributed by atoms with E-state index in [1.807, 2.05) is 19.9 Å². The summed E-state index contributed by atoms with van der Waals surface area (Å²) < 4.78 is 4.87. The Labute approximate surface area is 87.3 Å². The van der Waals surface area contributed by atoms with Gasteiger partial charge in [-0.2, -0.15) is 0 Å². The minimum atomic E-state index is -0.178. The SMILES string of the molecule is CCCCCC/C=C(\C)C(=O)OCC. The number of allylic oxidation sites excluding steroid dienone is 1. The summed E-state index contributed by atoms with van der Waals surface area (Å²) in [6.07, 6.45) is 7.93. The molecule has 0 aliphatic heterocycles. The van der Waals surface area contributed by atoms with Crippen molar-refractivity contribution in [2.45, 2.75) is 52.9 Å². The van der Waals surface area contributed by atoms with E-state index >= 15 is 0 Å². The third kappa shape index (κ3) is 6.70. The Morgan fingerprint density at radius 2 is 1.93 bits per heavy atom. The standard InChI is InChI=1S/C12H22O2/c1-4-6-7-8-9-10-11(3)12(13)14-5-2/h10H,4-9H2,1-3H3/b11-10+. The fraction of sp³-hybridized carbons (Fsp3) is 0.750. The van der Waals surface area contributed by atoms with Crippen LogP contribution in [0, 0.1) is 0 Å². The summed E-state index contributed by atoms with van der Waals surface area (Å²) in [5, 5.41) is 0. The normalized spacial score (nSPS) is 11.5. The van der Waals surface area contributed by atoms with Crippen LogP contribution in [-0.2, 0) is 9.53 Å². The molecule has 0 spiro atoms. The number of unbranched alkanes of at least 4 members (excludes halogenated alkanes) is 4.